The summed E-state index contributed by atoms with van der Waals surface area (Å²) in [6, 6.07) is 0. The van der Waals surface area contributed by atoms with Crippen molar-refractivity contribution in [1.29, 1.82) is 0 Å². The largest absolute Gasteiger partial charge is 0.425 e. The zero-order chi connectivity index (χ0) is 12.8. The molecule has 1 aromatic rings. The van der Waals surface area contributed by atoms with Gasteiger partial charge in [-0.3, -0.25) is 4.79 Å². The molecular formula is C11H19N3O3. The number of hydrogen-bond donors (Lipinski definition) is 2. The number of hydrogen-bond acceptors (Lipinski definition) is 5. The lowest BCUT2D eigenvalue weighted by Gasteiger charge is -2.05. The molecule has 0 spiro atoms. The van der Waals surface area contributed by atoms with Crippen LogP contribution in [0.3, 0.4) is 0 Å². The monoisotopic (exact) mass is 241 g/mol. The number of carbonyl (C=O) groups is 1. The highest BCUT2D eigenvalue weighted by Gasteiger charge is 2.11. The van der Waals surface area contributed by atoms with Gasteiger partial charge in [-0.15, -0.1) is 10.2 Å². The average molecular weight is 241 g/mol. The number of nitrogens with one attached hydrogen (secondary N) is 1. The van der Waals surface area contributed by atoms with E-state index in [0.29, 0.717) is 18.2 Å². The van der Waals surface area contributed by atoms with E-state index in [1.165, 1.54) is 0 Å². The summed E-state index contributed by atoms with van der Waals surface area (Å²) < 4.78 is 5.37. The second-order valence-electron chi connectivity index (χ2n) is 4.34. The fourth-order valence-corrected chi connectivity index (χ4v) is 1.17. The molecule has 1 aromatic heterocycles. The molecule has 0 saturated heterocycles. The second-order valence-corrected chi connectivity index (χ2v) is 4.34. The molecule has 0 aromatic carbocycles. The topological polar surface area (TPSA) is 88.2 Å². The standard InChI is InChI=1S/C11H19N3O3/c1-7(2)11-14-13-10(17-11)5-4-9(16)12-6-8(3)15/h7-8,15H,4-6H2,1-3H3,(H,12,16). The van der Waals surface area contributed by atoms with Crippen LogP contribution in [0.5, 0.6) is 0 Å². The Labute approximate surface area is 100 Å². The number of amides is 1. The Morgan fingerprint density at radius 3 is 2.65 bits per heavy atom. The molecule has 1 unspecified atom stereocenters. The number of rotatable bonds is 6. The van der Waals surface area contributed by atoms with Gasteiger partial charge < -0.3 is 14.8 Å². The van der Waals surface area contributed by atoms with Crippen molar-refractivity contribution in [3.8, 4) is 0 Å². The van der Waals surface area contributed by atoms with Gasteiger partial charge in [0.15, 0.2) is 0 Å². The van der Waals surface area contributed by atoms with Crippen LogP contribution in [0.4, 0.5) is 0 Å². The van der Waals surface area contributed by atoms with Crippen LogP contribution in [0, 0.1) is 0 Å². The Bertz CT molecular complexity index is 361. The zero-order valence-electron chi connectivity index (χ0n) is 10.4. The van der Waals surface area contributed by atoms with Gasteiger partial charge in [-0.25, -0.2) is 0 Å². The molecule has 1 amide bonds. The number of aromatic nitrogens is 2. The molecule has 0 saturated carbocycles. The van der Waals surface area contributed by atoms with Crippen LogP contribution in [0.2, 0.25) is 0 Å². The zero-order valence-corrected chi connectivity index (χ0v) is 10.4. The summed E-state index contributed by atoms with van der Waals surface area (Å²) in [7, 11) is 0. The van der Waals surface area contributed by atoms with Crippen LogP contribution < -0.4 is 5.32 Å². The maximum atomic E-state index is 11.3. The summed E-state index contributed by atoms with van der Waals surface area (Å²) in [5.74, 6) is 1.13. The molecule has 1 rings (SSSR count). The van der Waals surface area contributed by atoms with Crippen molar-refractivity contribution in [2.24, 2.45) is 0 Å². The quantitative estimate of drug-likeness (QED) is 0.762. The highest BCUT2D eigenvalue weighted by Crippen LogP contribution is 2.12. The van der Waals surface area contributed by atoms with Crippen LogP contribution in [0.25, 0.3) is 0 Å². The smallest absolute Gasteiger partial charge is 0.220 e. The molecule has 0 aliphatic rings. The highest BCUT2D eigenvalue weighted by molar-refractivity contribution is 5.75. The lowest BCUT2D eigenvalue weighted by molar-refractivity contribution is -0.121. The summed E-state index contributed by atoms with van der Waals surface area (Å²) in [5.41, 5.74) is 0. The van der Waals surface area contributed by atoms with Crippen molar-refractivity contribution in [3.05, 3.63) is 11.8 Å². The number of aryl methyl sites for hydroxylation is 1. The van der Waals surface area contributed by atoms with E-state index in [9.17, 15) is 4.79 Å². The minimum absolute atomic E-state index is 0.129. The van der Waals surface area contributed by atoms with E-state index < -0.39 is 6.10 Å². The van der Waals surface area contributed by atoms with E-state index in [2.05, 4.69) is 15.5 Å². The van der Waals surface area contributed by atoms with Crippen molar-refractivity contribution in [2.45, 2.75) is 45.6 Å². The Kier molecular flexibility index (Phi) is 5.09. The first-order valence-corrected chi connectivity index (χ1v) is 5.76. The van der Waals surface area contributed by atoms with Gasteiger partial charge in [0, 0.05) is 25.3 Å². The van der Waals surface area contributed by atoms with Crippen molar-refractivity contribution < 1.29 is 14.3 Å². The summed E-state index contributed by atoms with van der Waals surface area (Å²) in [6.45, 7) is 5.81. The predicted octanol–water partition coefficient (Wildman–Crippen LogP) is 0.623. The van der Waals surface area contributed by atoms with Crippen LogP contribution in [-0.2, 0) is 11.2 Å². The third kappa shape index (κ3) is 4.95. The van der Waals surface area contributed by atoms with Gasteiger partial charge in [-0.2, -0.15) is 0 Å². The minimum atomic E-state index is -0.533. The summed E-state index contributed by atoms with van der Waals surface area (Å²) in [4.78, 5) is 11.3. The van der Waals surface area contributed by atoms with E-state index in [1.807, 2.05) is 13.8 Å². The van der Waals surface area contributed by atoms with Crippen molar-refractivity contribution in [2.75, 3.05) is 6.54 Å². The first kappa shape index (κ1) is 13.6. The fraction of sp³-hybridized carbons (Fsp3) is 0.727. The Hall–Kier alpha value is -1.43. The first-order valence-electron chi connectivity index (χ1n) is 5.76. The molecule has 96 valence electrons. The lowest BCUT2D eigenvalue weighted by atomic mass is 10.2. The van der Waals surface area contributed by atoms with Crippen molar-refractivity contribution in [1.82, 2.24) is 15.5 Å². The average Bonchev–Trinajstić information content (AvgIpc) is 2.72. The molecule has 0 fully saturated rings. The molecule has 1 heterocycles. The molecule has 2 N–H and O–H groups in total. The summed E-state index contributed by atoms with van der Waals surface area (Å²) in [6.07, 6.45) is 0.174. The van der Waals surface area contributed by atoms with E-state index >= 15 is 0 Å². The molecule has 0 aliphatic heterocycles. The predicted molar refractivity (Wildman–Crippen MR) is 61.4 cm³/mol. The molecular weight excluding hydrogens is 222 g/mol. The molecule has 6 heteroatoms. The molecule has 0 aliphatic carbocycles. The third-order valence-corrected chi connectivity index (χ3v) is 2.14. The molecule has 17 heavy (non-hydrogen) atoms. The van der Waals surface area contributed by atoms with Crippen LogP contribution in [0.1, 0.15) is 44.9 Å². The normalized spacial score (nSPS) is 12.8. The molecule has 1 atom stereocenters. The second kappa shape index (κ2) is 6.34. The Morgan fingerprint density at radius 2 is 2.12 bits per heavy atom. The van der Waals surface area contributed by atoms with Gasteiger partial charge in [-0.05, 0) is 6.92 Å². The Balaban J connectivity index is 2.32. The van der Waals surface area contributed by atoms with E-state index in [4.69, 9.17) is 9.52 Å². The van der Waals surface area contributed by atoms with E-state index in [1.54, 1.807) is 6.92 Å². The van der Waals surface area contributed by atoms with Crippen LogP contribution in [-0.4, -0.2) is 33.9 Å². The molecule has 6 nitrogen and oxygen atoms in total. The van der Waals surface area contributed by atoms with Crippen LogP contribution in [0.15, 0.2) is 4.42 Å². The first-order chi connectivity index (χ1) is 7.99. The molecule has 0 bridgehead atoms. The van der Waals surface area contributed by atoms with Crippen molar-refractivity contribution in [3.63, 3.8) is 0 Å². The minimum Gasteiger partial charge on any atom is -0.425 e. The van der Waals surface area contributed by atoms with Gasteiger partial charge in [0.1, 0.15) is 0 Å². The summed E-state index contributed by atoms with van der Waals surface area (Å²) >= 11 is 0. The summed E-state index contributed by atoms with van der Waals surface area (Å²) in [5, 5.41) is 19.3. The van der Waals surface area contributed by atoms with Gasteiger partial charge >= 0.3 is 0 Å². The SMILES string of the molecule is CC(O)CNC(=O)CCc1nnc(C(C)C)o1. The maximum absolute atomic E-state index is 11.3. The number of aliphatic hydroxyl groups is 1. The van der Waals surface area contributed by atoms with Gasteiger partial charge in [0.25, 0.3) is 0 Å². The lowest BCUT2D eigenvalue weighted by Crippen LogP contribution is -2.30. The fourth-order valence-electron chi connectivity index (χ4n) is 1.17. The van der Waals surface area contributed by atoms with E-state index in [-0.39, 0.29) is 24.8 Å². The van der Waals surface area contributed by atoms with Crippen molar-refractivity contribution >= 4 is 5.91 Å². The van der Waals surface area contributed by atoms with Gasteiger partial charge in [-0.1, -0.05) is 13.8 Å². The van der Waals surface area contributed by atoms with Gasteiger partial charge in [0.05, 0.1) is 6.10 Å². The van der Waals surface area contributed by atoms with Crippen LogP contribution >= 0.6 is 0 Å². The highest BCUT2D eigenvalue weighted by atomic mass is 16.4. The number of nitrogens with zero attached hydrogens (tertiary/aromatic N) is 2. The Morgan fingerprint density at radius 1 is 1.41 bits per heavy atom. The molecule has 0 radical (unpaired) electrons. The third-order valence-electron chi connectivity index (χ3n) is 2.14. The number of aliphatic hydroxyl groups excluding tert-OH is 1. The van der Waals surface area contributed by atoms with Gasteiger partial charge in [0.2, 0.25) is 17.7 Å². The van der Waals surface area contributed by atoms with E-state index in [0.717, 1.165) is 0 Å². The number of carbonyl (C=O) groups excluding carboxylic acids is 1. The maximum Gasteiger partial charge on any atom is 0.220 e.